The molecule has 0 spiro atoms. The maximum Gasteiger partial charge on any atom is 0.251 e. The van der Waals surface area contributed by atoms with E-state index in [4.69, 9.17) is 5.41 Å². The second-order valence-corrected chi connectivity index (χ2v) is 7.27. The van der Waals surface area contributed by atoms with E-state index in [0.717, 1.165) is 47.4 Å². The summed E-state index contributed by atoms with van der Waals surface area (Å²) in [5.41, 5.74) is 4.91. The summed E-state index contributed by atoms with van der Waals surface area (Å²) in [6.45, 7) is 3.82. The first-order chi connectivity index (χ1) is 11.6. The molecule has 0 atom stereocenters. The summed E-state index contributed by atoms with van der Waals surface area (Å²) in [5, 5.41) is 11.6. The predicted octanol–water partition coefficient (Wildman–Crippen LogP) is 5.01. The van der Waals surface area contributed by atoms with Gasteiger partial charge in [0.25, 0.3) is 5.91 Å². The van der Waals surface area contributed by atoms with E-state index in [1.165, 1.54) is 4.91 Å². The summed E-state index contributed by atoms with van der Waals surface area (Å²) in [7, 11) is 0. The third-order valence-electron chi connectivity index (χ3n) is 4.53. The molecule has 3 rings (SSSR count). The van der Waals surface area contributed by atoms with Gasteiger partial charge >= 0.3 is 0 Å². The second-order valence-electron chi connectivity index (χ2n) is 6.15. The van der Waals surface area contributed by atoms with E-state index in [9.17, 15) is 4.79 Å². The summed E-state index contributed by atoms with van der Waals surface area (Å²) in [4.78, 5) is 14.0. The number of benzene rings is 1. The molecule has 0 fully saturated rings. The summed E-state index contributed by atoms with van der Waals surface area (Å²) >= 11 is 1.82. The van der Waals surface area contributed by atoms with Gasteiger partial charge in [0.15, 0.2) is 0 Å². The smallest absolute Gasteiger partial charge is 0.251 e. The number of aryl methyl sites for hydroxylation is 1. The zero-order valence-corrected chi connectivity index (χ0v) is 14.9. The van der Waals surface area contributed by atoms with Crippen molar-refractivity contribution in [2.75, 3.05) is 11.1 Å². The molecular weight excluding hydrogens is 316 g/mol. The van der Waals surface area contributed by atoms with Crippen LogP contribution in [0.4, 0.5) is 5.69 Å². The standard InChI is InChI=1S/C20H22N2OS/c1-13-7-3-4-10-17(13)22-20(23)14(2)15-8-5-11-18-16(19(15)21)9-6-12-24-18/h3-4,6-7,9-10,21H,5,8,11-12H2,1-2H3,(H,22,23)/b15-14-,21-19?. The highest BCUT2D eigenvalue weighted by Gasteiger charge is 2.23. The molecule has 1 aliphatic carbocycles. The number of para-hydroxylation sites is 1. The molecule has 0 saturated heterocycles. The Balaban J connectivity index is 1.88. The van der Waals surface area contributed by atoms with Crippen LogP contribution in [0.25, 0.3) is 0 Å². The molecule has 3 nitrogen and oxygen atoms in total. The lowest BCUT2D eigenvalue weighted by molar-refractivity contribution is -0.112. The monoisotopic (exact) mass is 338 g/mol. The van der Waals surface area contributed by atoms with Gasteiger partial charge in [0, 0.05) is 22.6 Å². The molecule has 0 unspecified atom stereocenters. The molecule has 1 heterocycles. The maximum absolute atomic E-state index is 12.7. The highest BCUT2D eigenvalue weighted by Crippen LogP contribution is 2.36. The minimum atomic E-state index is -0.111. The summed E-state index contributed by atoms with van der Waals surface area (Å²) in [6, 6.07) is 7.76. The highest BCUT2D eigenvalue weighted by molar-refractivity contribution is 8.03. The van der Waals surface area contributed by atoms with Crippen LogP contribution in [0, 0.1) is 12.3 Å². The average Bonchev–Trinajstić information content (AvgIpc) is 2.76. The zero-order chi connectivity index (χ0) is 17.1. The van der Waals surface area contributed by atoms with Crippen molar-refractivity contribution in [1.82, 2.24) is 0 Å². The Hall–Kier alpha value is -2.07. The first-order valence-electron chi connectivity index (χ1n) is 8.26. The van der Waals surface area contributed by atoms with Crippen LogP contribution >= 0.6 is 11.8 Å². The molecule has 124 valence electrons. The van der Waals surface area contributed by atoms with Crippen molar-refractivity contribution < 1.29 is 4.79 Å². The Morgan fingerprint density at radius 2 is 2.04 bits per heavy atom. The van der Waals surface area contributed by atoms with Gasteiger partial charge in [-0.1, -0.05) is 30.4 Å². The van der Waals surface area contributed by atoms with Gasteiger partial charge in [-0.15, -0.1) is 11.8 Å². The van der Waals surface area contributed by atoms with Gasteiger partial charge in [0.2, 0.25) is 0 Å². The predicted molar refractivity (Wildman–Crippen MR) is 103 cm³/mol. The van der Waals surface area contributed by atoms with Crippen LogP contribution in [0.1, 0.15) is 31.7 Å². The van der Waals surface area contributed by atoms with E-state index in [2.05, 4.69) is 11.4 Å². The second kappa shape index (κ2) is 7.22. The Kier molecular flexibility index (Phi) is 5.05. The van der Waals surface area contributed by atoms with E-state index < -0.39 is 0 Å². The molecule has 0 radical (unpaired) electrons. The molecule has 0 aromatic heterocycles. The Bertz CT molecular complexity index is 787. The van der Waals surface area contributed by atoms with Crippen LogP contribution < -0.4 is 5.32 Å². The van der Waals surface area contributed by atoms with Crippen molar-refractivity contribution in [3.63, 3.8) is 0 Å². The number of anilines is 1. The maximum atomic E-state index is 12.7. The molecule has 1 aliphatic heterocycles. The van der Waals surface area contributed by atoms with Gasteiger partial charge in [0.05, 0.1) is 5.71 Å². The Morgan fingerprint density at radius 1 is 1.25 bits per heavy atom. The number of allylic oxidation sites excluding steroid dienone is 4. The van der Waals surface area contributed by atoms with E-state index in [1.807, 2.05) is 56.0 Å². The molecule has 1 aromatic rings. The minimum absolute atomic E-state index is 0.111. The van der Waals surface area contributed by atoms with Gasteiger partial charge in [0.1, 0.15) is 0 Å². The van der Waals surface area contributed by atoms with E-state index in [-0.39, 0.29) is 5.91 Å². The summed E-state index contributed by atoms with van der Waals surface area (Å²) in [5.74, 6) is 0.873. The van der Waals surface area contributed by atoms with Crippen LogP contribution in [-0.2, 0) is 4.79 Å². The number of hydrogen-bond donors (Lipinski definition) is 2. The highest BCUT2D eigenvalue weighted by atomic mass is 32.2. The largest absolute Gasteiger partial charge is 0.322 e. The Morgan fingerprint density at radius 3 is 2.83 bits per heavy atom. The van der Waals surface area contributed by atoms with Crippen molar-refractivity contribution >= 4 is 29.1 Å². The quantitative estimate of drug-likeness (QED) is 0.745. The number of hydrogen-bond acceptors (Lipinski definition) is 3. The molecule has 0 saturated carbocycles. The van der Waals surface area contributed by atoms with Crippen LogP contribution in [0.2, 0.25) is 0 Å². The van der Waals surface area contributed by atoms with Gasteiger partial charge in [-0.25, -0.2) is 0 Å². The molecule has 1 aromatic carbocycles. The number of thioether (sulfide) groups is 1. The molecule has 24 heavy (non-hydrogen) atoms. The van der Waals surface area contributed by atoms with Crippen LogP contribution in [-0.4, -0.2) is 17.4 Å². The molecular formula is C20H22N2OS. The number of amides is 1. The fourth-order valence-corrected chi connectivity index (χ4v) is 4.08. The SMILES string of the molecule is C/C(C(=O)Nc1ccccc1C)=C1\CCCC2=C(C=CCS2)C1=N. The van der Waals surface area contributed by atoms with Crippen LogP contribution in [0.3, 0.4) is 0 Å². The number of nitrogens with one attached hydrogen (secondary N) is 2. The van der Waals surface area contributed by atoms with Gasteiger partial charge in [-0.3, -0.25) is 10.2 Å². The van der Waals surface area contributed by atoms with Gasteiger partial charge < -0.3 is 5.32 Å². The molecule has 1 amide bonds. The molecule has 2 aliphatic rings. The van der Waals surface area contributed by atoms with Gasteiger partial charge in [-0.2, -0.15) is 0 Å². The average molecular weight is 338 g/mol. The molecule has 2 N–H and O–H groups in total. The summed E-state index contributed by atoms with van der Waals surface area (Å²) < 4.78 is 0. The fourth-order valence-electron chi connectivity index (χ4n) is 3.07. The van der Waals surface area contributed by atoms with Crippen molar-refractivity contribution in [3.8, 4) is 0 Å². The van der Waals surface area contributed by atoms with Crippen molar-refractivity contribution in [3.05, 3.63) is 63.6 Å². The number of rotatable bonds is 2. The van der Waals surface area contributed by atoms with Crippen molar-refractivity contribution in [1.29, 1.82) is 5.41 Å². The first kappa shape index (κ1) is 16.8. The third kappa shape index (κ3) is 3.39. The topological polar surface area (TPSA) is 53.0 Å². The van der Waals surface area contributed by atoms with Crippen molar-refractivity contribution in [2.24, 2.45) is 0 Å². The van der Waals surface area contributed by atoms with Gasteiger partial charge in [-0.05, 0) is 55.2 Å². The summed E-state index contributed by atoms with van der Waals surface area (Å²) in [6.07, 6.45) is 6.93. The fraction of sp³-hybridized carbons (Fsp3) is 0.300. The van der Waals surface area contributed by atoms with Crippen molar-refractivity contribution in [2.45, 2.75) is 33.1 Å². The van der Waals surface area contributed by atoms with E-state index >= 15 is 0 Å². The number of carbonyl (C=O) groups is 1. The zero-order valence-electron chi connectivity index (χ0n) is 14.1. The minimum Gasteiger partial charge on any atom is -0.322 e. The normalized spacial score (nSPS) is 19.7. The Labute approximate surface area is 147 Å². The molecule has 0 bridgehead atoms. The van der Waals surface area contributed by atoms with E-state index in [1.54, 1.807) is 0 Å². The number of carbonyl (C=O) groups excluding carboxylic acids is 1. The molecule has 4 heteroatoms. The first-order valence-corrected chi connectivity index (χ1v) is 9.25. The lowest BCUT2D eigenvalue weighted by atomic mass is 9.96. The third-order valence-corrected chi connectivity index (χ3v) is 5.66. The van der Waals surface area contributed by atoms with Crippen LogP contribution in [0.15, 0.2) is 58.0 Å². The lowest BCUT2D eigenvalue weighted by Crippen LogP contribution is -2.18. The lowest BCUT2D eigenvalue weighted by Gasteiger charge is -2.16. The van der Waals surface area contributed by atoms with Crippen LogP contribution in [0.5, 0.6) is 0 Å². The van der Waals surface area contributed by atoms with E-state index in [0.29, 0.717) is 11.3 Å².